The lowest BCUT2D eigenvalue weighted by Gasteiger charge is -2.32. The normalized spacial score (nSPS) is 15.5. The predicted octanol–water partition coefficient (Wildman–Crippen LogP) is 5.15. The van der Waals surface area contributed by atoms with Gasteiger partial charge in [0.05, 0.1) is 7.11 Å². The fraction of sp³-hybridized carbons (Fsp3) is 0.462. The van der Waals surface area contributed by atoms with Crippen LogP contribution in [-0.4, -0.2) is 35.7 Å². The molecule has 0 bridgehead atoms. The minimum absolute atomic E-state index is 0.137. The molecule has 32 heavy (non-hydrogen) atoms. The highest BCUT2D eigenvalue weighted by Gasteiger charge is 2.32. The second kappa shape index (κ2) is 11.9. The van der Waals surface area contributed by atoms with Gasteiger partial charge in [0, 0.05) is 12.6 Å². The van der Waals surface area contributed by atoms with Gasteiger partial charge in [0.25, 0.3) is 0 Å². The molecule has 3 rings (SSSR count). The number of nitrogens with zero attached hydrogens (tertiary/aromatic N) is 1. The number of rotatable bonds is 8. The van der Waals surface area contributed by atoms with E-state index < -0.39 is 6.04 Å². The summed E-state index contributed by atoms with van der Waals surface area (Å²) in [5.41, 5.74) is 2.83. The maximum Gasteiger partial charge on any atom is 0.247 e. The van der Waals surface area contributed by atoms with Crippen LogP contribution in [0.3, 0.4) is 0 Å². The predicted molar refractivity (Wildman–Crippen MR) is 128 cm³/mol. The lowest BCUT2D eigenvalue weighted by molar-refractivity contribution is -0.140. The first kappa shape index (κ1) is 24.1. The first-order valence-corrected chi connectivity index (χ1v) is 11.9. The van der Waals surface area contributed by atoms with Crippen molar-refractivity contribution in [2.75, 3.05) is 13.0 Å². The summed E-state index contributed by atoms with van der Waals surface area (Å²) >= 11 is 5.99. The van der Waals surface area contributed by atoms with Gasteiger partial charge in [-0.15, -0.1) is 11.6 Å². The van der Waals surface area contributed by atoms with E-state index in [0.717, 1.165) is 42.4 Å². The summed E-state index contributed by atoms with van der Waals surface area (Å²) in [6.45, 7) is 2.33. The van der Waals surface area contributed by atoms with E-state index in [4.69, 9.17) is 16.3 Å². The van der Waals surface area contributed by atoms with Gasteiger partial charge in [-0.05, 0) is 43.0 Å². The van der Waals surface area contributed by atoms with E-state index in [0.29, 0.717) is 12.3 Å². The summed E-state index contributed by atoms with van der Waals surface area (Å²) in [4.78, 5) is 28.2. The van der Waals surface area contributed by atoms with Crippen molar-refractivity contribution in [3.05, 3.63) is 65.2 Å². The summed E-state index contributed by atoms with van der Waals surface area (Å²) in [6, 6.07) is 14.7. The summed E-state index contributed by atoms with van der Waals surface area (Å²) in [7, 11) is 1.60. The van der Waals surface area contributed by atoms with Crippen LogP contribution in [0.25, 0.3) is 0 Å². The molecule has 1 saturated carbocycles. The zero-order chi connectivity index (χ0) is 22.9. The Bertz CT molecular complexity index is 875. The zero-order valence-corrected chi connectivity index (χ0v) is 19.7. The highest BCUT2D eigenvalue weighted by atomic mass is 35.5. The van der Waals surface area contributed by atoms with Crippen molar-refractivity contribution in [2.45, 2.75) is 64.1 Å². The zero-order valence-electron chi connectivity index (χ0n) is 19.0. The van der Waals surface area contributed by atoms with E-state index in [1.54, 1.807) is 12.0 Å². The van der Waals surface area contributed by atoms with Gasteiger partial charge >= 0.3 is 0 Å². The number of alkyl halides is 1. The average Bonchev–Trinajstić information content (AvgIpc) is 3.08. The number of hydrogen-bond acceptors (Lipinski definition) is 3. The molecule has 2 aromatic carbocycles. The van der Waals surface area contributed by atoms with Gasteiger partial charge in [-0.25, -0.2) is 0 Å². The smallest absolute Gasteiger partial charge is 0.247 e. The molecular formula is C26H33ClN2O3. The van der Waals surface area contributed by atoms with Crippen molar-refractivity contribution >= 4 is 23.4 Å². The number of aryl methyl sites for hydroxylation is 1. The Labute approximate surface area is 196 Å². The molecule has 2 aromatic rings. The number of hydrogen-bond donors (Lipinski definition) is 1. The van der Waals surface area contributed by atoms with E-state index in [1.807, 2.05) is 55.5 Å². The van der Waals surface area contributed by atoms with E-state index in [1.165, 1.54) is 12.8 Å². The number of halogens is 1. The molecule has 1 N–H and O–H groups in total. The first-order chi connectivity index (χ1) is 15.5. The van der Waals surface area contributed by atoms with Gasteiger partial charge in [0.15, 0.2) is 0 Å². The number of methoxy groups -OCH3 is 1. The fourth-order valence-corrected chi connectivity index (χ4v) is 4.41. The second-order valence-electron chi connectivity index (χ2n) is 8.51. The number of carbonyl (C=O) groups excluding carboxylic acids is 2. The lowest BCUT2D eigenvalue weighted by Crippen LogP contribution is -2.46. The van der Waals surface area contributed by atoms with Gasteiger partial charge in [-0.1, -0.05) is 67.6 Å². The lowest BCUT2D eigenvalue weighted by atomic mass is 10.0. The highest BCUT2D eigenvalue weighted by molar-refractivity contribution is 6.27. The third kappa shape index (κ3) is 6.49. The average molecular weight is 457 g/mol. The maximum absolute atomic E-state index is 13.6. The molecule has 0 saturated heterocycles. The van der Waals surface area contributed by atoms with Crippen LogP contribution in [0.4, 0.5) is 0 Å². The molecule has 2 amide bonds. The summed E-state index contributed by atoms with van der Waals surface area (Å²) in [5.74, 6) is 0.0806. The van der Waals surface area contributed by atoms with Gasteiger partial charge < -0.3 is 15.0 Å². The minimum atomic E-state index is -0.767. The summed E-state index contributed by atoms with van der Waals surface area (Å²) in [5, 5.41) is 3.23. The van der Waals surface area contributed by atoms with Gasteiger partial charge in [-0.3, -0.25) is 9.59 Å². The Hall–Kier alpha value is -2.53. The van der Waals surface area contributed by atoms with Crippen molar-refractivity contribution < 1.29 is 14.3 Å². The van der Waals surface area contributed by atoms with Gasteiger partial charge in [-0.2, -0.15) is 0 Å². The molecule has 1 atom stereocenters. The number of benzene rings is 2. The molecule has 5 nitrogen and oxygen atoms in total. The monoisotopic (exact) mass is 456 g/mol. The van der Waals surface area contributed by atoms with Crippen LogP contribution in [0.2, 0.25) is 0 Å². The van der Waals surface area contributed by atoms with E-state index in [2.05, 4.69) is 5.32 Å². The minimum Gasteiger partial charge on any atom is -0.497 e. The van der Waals surface area contributed by atoms with Gasteiger partial charge in [0.2, 0.25) is 11.8 Å². The number of amides is 2. The van der Waals surface area contributed by atoms with Crippen LogP contribution >= 0.6 is 11.6 Å². The number of carbonyl (C=O) groups is 2. The third-order valence-electron chi connectivity index (χ3n) is 6.10. The largest absolute Gasteiger partial charge is 0.497 e. The fourth-order valence-electron chi connectivity index (χ4n) is 4.25. The molecule has 0 radical (unpaired) electrons. The Morgan fingerprint density at radius 2 is 1.66 bits per heavy atom. The van der Waals surface area contributed by atoms with Gasteiger partial charge in [0.1, 0.15) is 17.7 Å². The highest BCUT2D eigenvalue weighted by Crippen LogP contribution is 2.27. The third-order valence-corrected chi connectivity index (χ3v) is 6.33. The topological polar surface area (TPSA) is 58.6 Å². The van der Waals surface area contributed by atoms with Crippen LogP contribution in [0.15, 0.2) is 48.5 Å². The van der Waals surface area contributed by atoms with Crippen molar-refractivity contribution in [3.63, 3.8) is 0 Å². The quantitative estimate of drug-likeness (QED) is 0.441. The standard InChI is InChI=1S/C26H33ClN2O3/c1-19-9-11-20(12-10-19)18-29(24(30)17-27)25(21-13-15-23(32-2)16-14-21)26(31)28-22-7-5-3-4-6-8-22/h9-16,22,25H,3-8,17-18H2,1-2H3,(H,28,31). The molecule has 0 aromatic heterocycles. The van der Waals surface area contributed by atoms with E-state index in [-0.39, 0.29) is 23.7 Å². The first-order valence-electron chi connectivity index (χ1n) is 11.4. The molecule has 1 aliphatic rings. The van der Waals surface area contributed by atoms with Crippen LogP contribution in [-0.2, 0) is 16.1 Å². The van der Waals surface area contributed by atoms with Crippen LogP contribution in [0.5, 0.6) is 5.75 Å². The van der Waals surface area contributed by atoms with Crippen molar-refractivity contribution in [3.8, 4) is 5.75 Å². The Morgan fingerprint density at radius 1 is 1.03 bits per heavy atom. The van der Waals surface area contributed by atoms with E-state index in [9.17, 15) is 9.59 Å². The number of nitrogens with one attached hydrogen (secondary N) is 1. The molecule has 0 spiro atoms. The van der Waals surface area contributed by atoms with Crippen molar-refractivity contribution in [1.82, 2.24) is 10.2 Å². The molecule has 1 unspecified atom stereocenters. The molecule has 0 aliphatic heterocycles. The molecule has 1 fully saturated rings. The molecular weight excluding hydrogens is 424 g/mol. The Morgan fingerprint density at radius 3 is 2.22 bits per heavy atom. The Kier molecular flexibility index (Phi) is 8.98. The van der Waals surface area contributed by atoms with Crippen LogP contribution in [0.1, 0.15) is 61.3 Å². The van der Waals surface area contributed by atoms with Crippen LogP contribution < -0.4 is 10.1 Å². The molecule has 6 heteroatoms. The van der Waals surface area contributed by atoms with Crippen molar-refractivity contribution in [2.24, 2.45) is 0 Å². The SMILES string of the molecule is COc1ccc(C(C(=O)NC2CCCCCC2)N(Cc2ccc(C)cc2)C(=O)CCl)cc1. The Balaban J connectivity index is 1.93. The van der Waals surface area contributed by atoms with E-state index >= 15 is 0 Å². The van der Waals surface area contributed by atoms with Crippen molar-refractivity contribution in [1.29, 1.82) is 0 Å². The molecule has 0 heterocycles. The summed E-state index contributed by atoms with van der Waals surface area (Å²) in [6.07, 6.45) is 6.60. The molecule has 172 valence electrons. The molecule has 1 aliphatic carbocycles. The summed E-state index contributed by atoms with van der Waals surface area (Å²) < 4.78 is 5.28. The second-order valence-corrected chi connectivity index (χ2v) is 8.78. The maximum atomic E-state index is 13.6. The number of ether oxygens (including phenoxy) is 1. The van der Waals surface area contributed by atoms with Crippen LogP contribution in [0, 0.1) is 6.92 Å².